The minimum absolute atomic E-state index is 0.143. The molecule has 0 aliphatic carbocycles. The van der Waals surface area contributed by atoms with Crippen molar-refractivity contribution in [2.75, 3.05) is 23.3 Å². The highest BCUT2D eigenvalue weighted by molar-refractivity contribution is 7.13. The summed E-state index contributed by atoms with van der Waals surface area (Å²) in [7, 11) is 0. The van der Waals surface area contributed by atoms with Gasteiger partial charge in [-0.2, -0.15) is 10.1 Å². The van der Waals surface area contributed by atoms with E-state index in [1.807, 2.05) is 0 Å². The predicted octanol–water partition coefficient (Wildman–Crippen LogP) is 3.37. The minimum atomic E-state index is -2.67. The van der Waals surface area contributed by atoms with Crippen molar-refractivity contribution in [1.82, 2.24) is 29.8 Å². The second-order valence-corrected chi connectivity index (χ2v) is 7.67. The molecule has 5 heterocycles. The first-order valence-corrected chi connectivity index (χ1v) is 10.2. The summed E-state index contributed by atoms with van der Waals surface area (Å²) in [6, 6.07) is 3.43. The Bertz CT molecular complexity index is 1210. The smallest absolute Gasteiger partial charge is 0.281 e. The van der Waals surface area contributed by atoms with Gasteiger partial charge in [0.1, 0.15) is 16.4 Å². The SMILES string of the molecule is O=C(Nc1ccn2nc(N3CCCC3)nc2c1)c1[nH]ncc1-c1nc(C(F)F)cs1. The molecule has 0 atom stereocenters. The van der Waals surface area contributed by atoms with E-state index >= 15 is 0 Å². The maximum atomic E-state index is 12.8. The number of alkyl halides is 2. The number of amides is 1. The van der Waals surface area contributed by atoms with E-state index in [-0.39, 0.29) is 11.4 Å². The summed E-state index contributed by atoms with van der Waals surface area (Å²) >= 11 is 1.03. The molecular weight excluding hydrogens is 414 g/mol. The first kappa shape index (κ1) is 18.6. The van der Waals surface area contributed by atoms with Crippen LogP contribution < -0.4 is 10.2 Å². The number of halogens is 2. The van der Waals surface area contributed by atoms with Gasteiger partial charge in [0.2, 0.25) is 5.95 Å². The van der Waals surface area contributed by atoms with Gasteiger partial charge in [-0.1, -0.05) is 0 Å². The molecule has 0 bridgehead atoms. The maximum Gasteiger partial charge on any atom is 0.281 e. The van der Waals surface area contributed by atoms with Gasteiger partial charge in [0.05, 0.1) is 11.8 Å². The largest absolute Gasteiger partial charge is 0.340 e. The third kappa shape index (κ3) is 3.38. The zero-order valence-electron chi connectivity index (χ0n) is 15.5. The normalized spacial score (nSPS) is 14.2. The Labute approximate surface area is 172 Å². The van der Waals surface area contributed by atoms with Gasteiger partial charge in [-0.15, -0.1) is 16.4 Å². The standard InChI is InChI=1S/C18H16F2N8OS/c19-15(20)12-9-30-17(23-12)11-8-21-25-14(11)16(29)22-10-3-6-28-13(7-10)24-18(26-28)27-4-1-2-5-27/h3,6-9,15H,1-2,4-5H2,(H,21,25)(H,22,29). The molecule has 1 aliphatic rings. The number of aromatic amines is 1. The van der Waals surface area contributed by atoms with E-state index < -0.39 is 12.3 Å². The molecule has 4 aromatic heterocycles. The highest BCUT2D eigenvalue weighted by atomic mass is 32.1. The van der Waals surface area contributed by atoms with Crippen molar-refractivity contribution in [3.05, 3.63) is 41.3 Å². The zero-order chi connectivity index (χ0) is 20.7. The predicted molar refractivity (Wildman–Crippen MR) is 107 cm³/mol. The van der Waals surface area contributed by atoms with Crippen LogP contribution in [0, 0.1) is 0 Å². The number of pyridine rings is 1. The number of anilines is 2. The lowest BCUT2D eigenvalue weighted by atomic mass is 10.2. The third-order valence-corrected chi connectivity index (χ3v) is 5.71. The van der Waals surface area contributed by atoms with Gasteiger partial charge < -0.3 is 10.2 Å². The molecule has 9 nitrogen and oxygen atoms in total. The van der Waals surface area contributed by atoms with Gasteiger partial charge in [0, 0.05) is 36.4 Å². The molecule has 0 spiro atoms. The van der Waals surface area contributed by atoms with Crippen molar-refractivity contribution < 1.29 is 13.6 Å². The summed E-state index contributed by atoms with van der Waals surface area (Å²) in [6.07, 6.45) is 2.70. The molecule has 5 rings (SSSR count). The monoisotopic (exact) mass is 430 g/mol. The quantitative estimate of drug-likeness (QED) is 0.503. The van der Waals surface area contributed by atoms with Crippen LogP contribution in [0.25, 0.3) is 16.2 Å². The molecule has 0 aromatic carbocycles. The molecule has 4 aromatic rings. The molecule has 0 unspecified atom stereocenters. The Kier molecular flexibility index (Phi) is 4.62. The average Bonchev–Trinajstić information content (AvgIpc) is 3.53. The van der Waals surface area contributed by atoms with Crippen LogP contribution in [0.1, 0.15) is 35.4 Å². The van der Waals surface area contributed by atoms with Crippen LogP contribution in [0.15, 0.2) is 29.9 Å². The number of H-pyrrole nitrogens is 1. The number of carbonyl (C=O) groups is 1. The Balaban J connectivity index is 1.37. The molecule has 12 heteroatoms. The number of carbonyl (C=O) groups excluding carboxylic acids is 1. The summed E-state index contributed by atoms with van der Waals surface area (Å²) in [5.41, 5.74) is 1.32. The van der Waals surface area contributed by atoms with Crippen LogP contribution in [0.3, 0.4) is 0 Å². The van der Waals surface area contributed by atoms with Crippen molar-refractivity contribution in [1.29, 1.82) is 0 Å². The number of rotatable bonds is 5. The Morgan fingerprint density at radius 1 is 1.27 bits per heavy atom. The molecule has 0 radical (unpaired) electrons. The Hall–Kier alpha value is -3.41. The first-order chi connectivity index (χ1) is 14.6. The second-order valence-electron chi connectivity index (χ2n) is 6.82. The van der Waals surface area contributed by atoms with Crippen molar-refractivity contribution in [2.24, 2.45) is 0 Å². The van der Waals surface area contributed by atoms with Crippen LogP contribution in [0.2, 0.25) is 0 Å². The van der Waals surface area contributed by atoms with Crippen molar-refractivity contribution >= 4 is 34.5 Å². The van der Waals surface area contributed by atoms with E-state index in [0.717, 1.165) is 37.3 Å². The lowest BCUT2D eigenvalue weighted by Crippen LogP contribution is -2.19. The van der Waals surface area contributed by atoms with E-state index in [1.165, 1.54) is 11.6 Å². The molecule has 0 saturated carbocycles. The molecule has 1 saturated heterocycles. The highest BCUT2D eigenvalue weighted by Crippen LogP contribution is 2.30. The van der Waals surface area contributed by atoms with Crippen molar-refractivity contribution in [3.63, 3.8) is 0 Å². The second kappa shape index (κ2) is 7.44. The van der Waals surface area contributed by atoms with Crippen LogP contribution in [-0.2, 0) is 0 Å². The number of aromatic nitrogens is 6. The highest BCUT2D eigenvalue weighted by Gasteiger charge is 2.21. The molecule has 1 fully saturated rings. The van der Waals surface area contributed by atoms with Crippen LogP contribution in [-0.4, -0.2) is 48.8 Å². The minimum Gasteiger partial charge on any atom is -0.340 e. The summed E-state index contributed by atoms with van der Waals surface area (Å²) in [5.74, 6) is 0.213. The van der Waals surface area contributed by atoms with Gasteiger partial charge in [0.25, 0.3) is 12.3 Å². The molecule has 154 valence electrons. The van der Waals surface area contributed by atoms with Gasteiger partial charge in [0.15, 0.2) is 5.65 Å². The number of nitrogens with zero attached hydrogens (tertiary/aromatic N) is 6. The molecule has 1 aliphatic heterocycles. The van der Waals surface area contributed by atoms with Crippen molar-refractivity contribution in [3.8, 4) is 10.6 Å². The fraction of sp³-hybridized carbons (Fsp3) is 0.278. The first-order valence-electron chi connectivity index (χ1n) is 9.28. The molecular formula is C18H16F2N8OS. The lowest BCUT2D eigenvalue weighted by Gasteiger charge is -2.10. The van der Waals surface area contributed by atoms with Gasteiger partial charge in [-0.05, 0) is 18.9 Å². The van der Waals surface area contributed by atoms with Crippen LogP contribution in [0.4, 0.5) is 20.4 Å². The molecule has 30 heavy (non-hydrogen) atoms. The molecule has 1 amide bonds. The summed E-state index contributed by atoms with van der Waals surface area (Å²) in [6.45, 7) is 1.88. The number of fused-ring (bicyclic) bond motifs is 1. The van der Waals surface area contributed by atoms with E-state index in [0.29, 0.717) is 27.9 Å². The summed E-state index contributed by atoms with van der Waals surface area (Å²) in [5, 5.41) is 15.3. The fourth-order valence-corrected chi connectivity index (χ4v) is 4.15. The molecule has 2 N–H and O–H groups in total. The summed E-state index contributed by atoms with van der Waals surface area (Å²) < 4.78 is 27.3. The van der Waals surface area contributed by atoms with Gasteiger partial charge in [-0.25, -0.2) is 18.3 Å². The number of thiazole rings is 1. The van der Waals surface area contributed by atoms with E-state index in [9.17, 15) is 13.6 Å². The third-order valence-electron chi connectivity index (χ3n) is 4.82. The van der Waals surface area contributed by atoms with Crippen LogP contribution in [0.5, 0.6) is 0 Å². The maximum absolute atomic E-state index is 12.8. The van der Waals surface area contributed by atoms with E-state index in [2.05, 4.69) is 35.5 Å². The zero-order valence-corrected chi connectivity index (χ0v) is 16.4. The van der Waals surface area contributed by atoms with Crippen molar-refractivity contribution in [2.45, 2.75) is 19.3 Å². The van der Waals surface area contributed by atoms with Gasteiger partial charge in [-0.3, -0.25) is 9.89 Å². The van der Waals surface area contributed by atoms with Gasteiger partial charge >= 0.3 is 0 Å². The van der Waals surface area contributed by atoms with E-state index in [4.69, 9.17) is 0 Å². The lowest BCUT2D eigenvalue weighted by molar-refractivity contribution is 0.102. The Morgan fingerprint density at radius 3 is 2.87 bits per heavy atom. The topological polar surface area (TPSA) is 104 Å². The summed E-state index contributed by atoms with van der Waals surface area (Å²) in [4.78, 5) is 23.3. The number of nitrogens with one attached hydrogen (secondary N) is 2. The van der Waals surface area contributed by atoms with E-state index in [1.54, 1.807) is 22.8 Å². The Morgan fingerprint density at radius 2 is 2.10 bits per heavy atom. The average molecular weight is 430 g/mol. The fourth-order valence-electron chi connectivity index (χ4n) is 3.32. The number of hydrogen-bond acceptors (Lipinski definition) is 7. The number of hydrogen-bond donors (Lipinski definition) is 2. The van der Waals surface area contributed by atoms with Crippen LogP contribution >= 0.6 is 11.3 Å².